The van der Waals surface area contributed by atoms with Crippen LogP contribution in [0.3, 0.4) is 0 Å². The summed E-state index contributed by atoms with van der Waals surface area (Å²) in [5.74, 6) is 0.397. The Labute approximate surface area is 200 Å². The molecule has 35 heavy (non-hydrogen) atoms. The molecule has 0 aliphatic rings. The van der Waals surface area contributed by atoms with E-state index in [0.29, 0.717) is 22.9 Å². The lowest BCUT2D eigenvalue weighted by Crippen LogP contribution is -2.29. The van der Waals surface area contributed by atoms with Crippen LogP contribution < -0.4 is 14.2 Å². The third-order valence-electron chi connectivity index (χ3n) is 5.00. The molecule has 14 heteroatoms. The van der Waals surface area contributed by atoms with Gasteiger partial charge in [-0.15, -0.1) is 15.3 Å². The SMILES string of the molecule is COc1cccc(OC)c1-n1c(NS(=O)(=O)[C@H](C)Cc2ncc(F)cn2)nnc1-c1cccnn1. The van der Waals surface area contributed by atoms with Crippen LogP contribution in [0.15, 0.2) is 48.9 Å². The molecule has 0 spiro atoms. The Morgan fingerprint density at radius 2 is 1.71 bits per heavy atom. The minimum absolute atomic E-state index is 0.0568. The molecular formula is C21H21FN8O4S. The van der Waals surface area contributed by atoms with Gasteiger partial charge in [0.15, 0.2) is 11.6 Å². The van der Waals surface area contributed by atoms with Crippen molar-refractivity contribution in [1.29, 1.82) is 0 Å². The molecule has 0 amide bonds. The van der Waals surface area contributed by atoms with Gasteiger partial charge in [-0.1, -0.05) is 6.07 Å². The lowest BCUT2D eigenvalue weighted by atomic mass is 10.2. The number of aromatic nitrogens is 7. The number of nitrogens with zero attached hydrogens (tertiary/aromatic N) is 7. The maximum absolute atomic E-state index is 13.2. The summed E-state index contributed by atoms with van der Waals surface area (Å²) in [5.41, 5.74) is 0.696. The lowest BCUT2D eigenvalue weighted by Gasteiger charge is -2.18. The van der Waals surface area contributed by atoms with Crippen LogP contribution in [0.1, 0.15) is 12.7 Å². The Hall–Kier alpha value is -4.20. The molecule has 1 atom stereocenters. The van der Waals surface area contributed by atoms with Gasteiger partial charge in [0.1, 0.15) is 28.7 Å². The van der Waals surface area contributed by atoms with Crippen molar-refractivity contribution in [3.05, 3.63) is 60.6 Å². The molecule has 0 aliphatic heterocycles. The number of benzene rings is 1. The summed E-state index contributed by atoms with van der Waals surface area (Å²) in [5, 5.41) is 15.2. The highest BCUT2D eigenvalue weighted by Gasteiger charge is 2.29. The van der Waals surface area contributed by atoms with Gasteiger partial charge in [0.2, 0.25) is 16.0 Å². The first-order valence-corrected chi connectivity index (χ1v) is 11.8. The quantitative estimate of drug-likeness (QED) is 0.362. The monoisotopic (exact) mass is 500 g/mol. The molecule has 1 N–H and O–H groups in total. The Kier molecular flexibility index (Phi) is 6.82. The van der Waals surface area contributed by atoms with Crippen LogP contribution in [0, 0.1) is 5.82 Å². The summed E-state index contributed by atoms with van der Waals surface area (Å²) in [6.07, 6.45) is 3.40. The molecule has 182 valence electrons. The topological polar surface area (TPSA) is 147 Å². The Balaban J connectivity index is 1.79. The predicted octanol–water partition coefficient (Wildman–Crippen LogP) is 2.04. The van der Waals surface area contributed by atoms with Crippen molar-refractivity contribution in [2.24, 2.45) is 0 Å². The fourth-order valence-electron chi connectivity index (χ4n) is 3.24. The molecule has 0 fully saturated rings. The van der Waals surface area contributed by atoms with Crippen molar-refractivity contribution in [1.82, 2.24) is 34.9 Å². The number of sulfonamides is 1. The van der Waals surface area contributed by atoms with Crippen molar-refractivity contribution in [2.75, 3.05) is 18.9 Å². The van der Waals surface area contributed by atoms with Crippen molar-refractivity contribution in [3.8, 4) is 28.7 Å². The largest absolute Gasteiger partial charge is 0.494 e. The van der Waals surface area contributed by atoms with Crippen LogP contribution in [0.5, 0.6) is 11.5 Å². The van der Waals surface area contributed by atoms with Crippen molar-refractivity contribution in [3.63, 3.8) is 0 Å². The molecule has 4 rings (SSSR count). The average molecular weight is 501 g/mol. The molecule has 3 heterocycles. The number of halogens is 1. The highest BCUT2D eigenvalue weighted by Crippen LogP contribution is 2.37. The van der Waals surface area contributed by atoms with E-state index in [1.807, 2.05) is 0 Å². The van der Waals surface area contributed by atoms with Gasteiger partial charge in [0.25, 0.3) is 0 Å². The number of ether oxygens (including phenoxy) is 2. The van der Waals surface area contributed by atoms with Crippen molar-refractivity contribution >= 4 is 16.0 Å². The fourth-order valence-corrected chi connectivity index (χ4v) is 4.20. The van der Waals surface area contributed by atoms with Crippen LogP contribution in [0.25, 0.3) is 17.2 Å². The molecule has 0 saturated heterocycles. The number of hydrogen-bond acceptors (Lipinski definition) is 10. The smallest absolute Gasteiger partial charge is 0.243 e. The second-order valence-electron chi connectivity index (χ2n) is 7.28. The third kappa shape index (κ3) is 5.01. The van der Waals surface area contributed by atoms with Crippen LogP contribution in [0.2, 0.25) is 0 Å². The predicted molar refractivity (Wildman–Crippen MR) is 123 cm³/mol. The summed E-state index contributed by atoms with van der Waals surface area (Å²) in [4.78, 5) is 7.67. The van der Waals surface area contributed by atoms with E-state index in [0.717, 1.165) is 12.4 Å². The van der Waals surface area contributed by atoms with Gasteiger partial charge in [-0.3, -0.25) is 9.29 Å². The second-order valence-corrected chi connectivity index (χ2v) is 9.38. The summed E-state index contributed by atoms with van der Waals surface area (Å²) in [6, 6.07) is 8.41. The Morgan fingerprint density at radius 1 is 1.03 bits per heavy atom. The molecule has 1 aromatic carbocycles. The van der Waals surface area contributed by atoms with Gasteiger partial charge in [0, 0.05) is 12.6 Å². The highest BCUT2D eigenvalue weighted by atomic mass is 32.2. The van der Waals surface area contributed by atoms with E-state index in [9.17, 15) is 12.8 Å². The number of hydrogen-bond donors (Lipinski definition) is 1. The van der Waals surface area contributed by atoms with Gasteiger partial charge >= 0.3 is 0 Å². The van der Waals surface area contributed by atoms with Gasteiger partial charge in [-0.2, -0.15) is 5.10 Å². The lowest BCUT2D eigenvalue weighted by molar-refractivity contribution is 0.391. The first kappa shape index (κ1) is 23.9. The minimum atomic E-state index is -4.02. The molecule has 3 aromatic heterocycles. The normalized spacial score (nSPS) is 12.2. The van der Waals surface area contributed by atoms with Gasteiger partial charge in [-0.25, -0.2) is 22.8 Å². The Morgan fingerprint density at radius 3 is 2.31 bits per heavy atom. The molecule has 4 aromatic rings. The first-order chi connectivity index (χ1) is 16.8. The van der Waals surface area contributed by atoms with E-state index in [1.54, 1.807) is 30.3 Å². The maximum Gasteiger partial charge on any atom is 0.243 e. The molecule has 0 radical (unpaired) electrons. The standard InChI is InChI=1S/C21H21FN8O4S/c1-13(10-18-23-11-14(22)12-24-18)35(31,32)29-21-28-27-20(15-6-5-9-25-26-15)30(21)19-16(33-2)7-4-8-17(19)34-3/h4-9,11-13H,10H2,1-3H3,(H,28,29)/t13-/m1/s1. The van der Waals surface area contributed by atoms with E-state index in [-0.39, 0.29) is 24.0 Å². The summed E-state index contributed by atoms with van der Waals surface area (Å²) in [6.45, 7) is 1.48. The number of rotatable bonds is 9. The minimum Gasteiger partial charge on any atom is -0.494 e. The zero-order valence-corrected chi connectivity index (χ0v) is 19.8. The van der Waals surface area contributed by atoms with E-state index in [2.05, 4.69) is 35.1 Å². The summed E-state index contributed by atoms with van der Waals surface area (Å²) >= 11 is 0. The molecule has 0 bridgehead atoms. The van der Waals surface area contributed by atoms with Gasteiger partial charge in [0.05, 0.1) is 31.9 Å². The van der Waals surface area contributed by atoms with Crippen LogP contribution >= 0.6 is 0 Å². The van der Waals surface area contributed by atoms with Crippen LogP contribution in [-0.4, -0.2) is 62.8 Å². The van der Waals surface area contributed by atoms with Crippen LogP contribution in [0.4, 0.5) is 10.3 Å². The van der Waals surface area contributed by atoms with Crippen molar-refractivity contribution in [2.45, 2.75) is 18.6 Å². The zero-order chi connectivity index (χ0) is 25.0. The molecule has 0 saturated carbocycles. The van der Waals surface area contributed by atoms with Gasteiger partial charge in [-0.05, 0) is 31.2 Å². The van der Waals surface area contributed by atoms with Crippen molar-refractivity contribution < 1.29 is 22.3 Å². The molecule has 12 nitrogen and oxygen atoms in total. The maximum atomic E-state index is 13.2. The third-order valence-corrected chi connectivity index (χ3v) is 6.69. The van der Waals surface area contributed by atoms with E-state index in [1.165, 1.54) is 31.9 Å². The van der Waals surface area contributed by atoms with E-state index < -0.39 is 21.1 Å². The zero-order valence-electron chi connectivity index (χ0n) is 19.0. The Bertz CT molecular complexity index is 1390. The molecular weight excluding hydrogens is 479 g/mol. The summed E-state index contributed by atoms with van der Waals surface area (Å²) in [7, 11) is -1.08. The highest BCUT2D eigenvalue weighted by molar-refractivity contribution is 7.93. The second kappa shape index (κ2) is 9.97. The molecule has 0 unspecified atom stereocenters. The average Bonchev–Trinajstić information content (AvgIpc) is 3.27. The van der Waals surface area contributed by atoms with E-state index >= 15 is 0 Å². The van der Waals surface area contributed by atoms with E-state index in [4.69, 9.17) is 9.47 Å². The number of nitrogens with one attached hydrogen (secondary N) is 1. The summed E-state index contributed by atoms with van der Waals surface area (Å²) < 4.78 is 54.4. The number of anilines is 1. The van der Waals surface area contributed by atoms with Gasteiger partial charge < -0.3 is 9.47 Å². The van der Waals surface area contributed by atoms with Crippen LogP contribution in [-0.2, 0) is 16.4 Å². The fraction of sp³-hybridized carbons (Fsp3) is 0.238. The number of methoxy groups -OCH3 is 2. The number of para-hydroxylation sites is 1. The molecule has 0 aliphatic carbocycles. The first-order valence-electron chi connectivity index (χ1n) is 10.3.